The van der Waals surface area contributed by atoms with Crippen LogP contribution in [0.2, 0.25) is 0 Å². The topological polar surface area (TPSA) is 74.5 Å². The van der Waals surface area contributed by atoms with Gasteiger partial charge in [0.2, 0.25) is 0 Å². The Morgan fingerprint density at radius 1 is 1.41 bits per heavy atom. The minimum absolute atomic E-state index is 0. The molecule has 0 spiro atoms. The lowest BCUT2D eigenvalue weighted by atomic mass is 10.2. The summed E-state index contributed by atoms with van der Waals surface area (Å²) in [5.41, 5.74) is 2.26. The molecule has 0 aliphatic rings. The summed E-state index contributed by atoms with van der Waals surface area (Å²) >= 11 is 0. The molecular weight excluding hydrogens is 393 g/mol. The first-order valence-corrected chi connectivity index (χ1v) is 7.70. The minimum atomic E-state index is 0. The summed E-state index contributed by atoms with van der Waals surface area (Å²) in [6, 6.07) is 2.09. The highest BCUT2D eigenvalue weighted by atomic mass is 127. The van der Waals surface area contributed by atoms with Crippen LogP contribution >= 0.6 is 24.0 Å². The molecule has 0 aromatic carbocycles. The van der Waals surface area contributed by atoms with E-state index < -0.39 is 0 Å². The first kappa shape index (κ1) is 21.2. The lowest BCUT2D eigenvalue weighted by Gasteiger charge is -2.12. The van der Waals surface area contributed by atoms with Crippen LogP contribution in [0.4, 0.5) is 0 Å². The third kappa shape index (κ3) is 7.98. The van der Waals surface area contributed by atoms with E-state index in [-0.39, 0.29) is 36.5 Å². The highest BCUT2D eigenvalue weighted by Crippen LogP contribution is 2.02. The third-order valence-electron chi connectivity index (χ3n) is 3.16. The number of aliphatic hydroxyl groups is 1. The fourth-order valence-electron chi connectivity index (χ4n) is 1.98. The maximum Gasteiger partial charge on any atom is 0.191 e. The van der Waals surface area contributed by atoms with Crippen LogP contribution in [0.1, 0.15) is 31.7 Å². The van der Waals surface area contributed by atoms with Crippen LogP contribution in [0.3, 0.4) is 0 Å². The fraction of sp³-hybridized carbons (Fsp3) is 0.733. The van der Waals surface area contributed by atoms with Gasteiger partial charge in [-0.2, -0.15) is 5.10 Å². The number of rotatable bonds is 8. The van der Waals surface area contributed by atoms with E-state index in [1.807, 2.05) is 25.5 Å². The number of hydrogen-bond acceptors (Lipinski definition) is 3. The molecule has 0 amide bonds. The van der Waals surface area contributed by atoms with Crippen molar-refractivity contribution >= 4 is 29.9 Å². The van der Waals surface area contributed by atoms with E-state index in [2.05, 4.69) is 33.7 Å². The summed E-state index contributed by atoms with van der Waals surface area (Å²) in [5, 5.41) is 20.0. The van der Waals surface area contributed by atoms with Crippen molar-refractivity contribution in [2.24, 2.45) is 10.9 Å². The molecule has 3 N–H and O–H groups in total. The van der Waals surface area contributed by atoms with E-state index in [0.717, 1.165) is 37.7 Å². The molecule has 1 heterocycles. The van der Waals surface area contributed by atoms with E-state index in [4.69, 9.17) is 5.11 Å². The van der Waals surface area contributed by atoms with Crippen LogP contribution in [0.25, 0.3) is 0 Å². The molecule has 0 aliphatic carbocycles. The van der Waals surface area contributed by atoms with Crippen LogP contribution in [0, 0.1) is 19.8 Å². The molecule has 0 saturated carbocycles. The molecule has 128 valence electrons. The van der Waals surface area contributed by atoms with Crippen LogP contribution in [0.5, 0.6) is 0 Å². The molecule has 1 atom stereocenters. The van der Waals surface area contributed by atoms with Gasteiger partial charge in [0.25, 0.3) is 0 Å². The second-order valence-electron chi connectivity index (χ2n) is 5.44. The van der Waals surface area contributed by atoms with Gasteiger partial charge in [0.15, 0.2) is 5.96 Å². The fourth-order valence-corrected chi connectivity index (χ4v) is 1.98. The normalized spacial score (nSPS) is 12.7. The molecule has 0 radical (unpaired) electrons. The van der Waals surface area contributed by atoms with Gasteiger partial charge in [-0.05, 0) is 39.2 Å². The average molecular weight is 423 g/mol. The number of nitrogens with zero attached hydrogens (tertiary/aromatic N) is 3. The van der Waals surface area contributed by atoms with Crippen LogP contribution < -0.4 is 10.6 Å². The number of aliphatic hydroxyl groups excluding tert-OH is 1. The molecule has 1 rings (SSSR count). The predicted molar refractivity (Wildman–Crippen MR) is 102 cm³/mol. The molecule has 6 nitrogen and oxygen atoms in total. The molecule has 1 aromatic rings. The van der Waals surface area contributed by atoms with E-state index in [9.17, 15) is 0 Å². The maximum absolute atomic E-state index is 9.03. The summed E-state index contributed by atoms with van der Waals surface area (Å²) in [5.74, 6) is 1.00. The van der Waals surface area contributed by atoms with Crippen LogP contribution in [-0.4, -0.2) is 47.1 Å². The zero-order chi connectivity index (χ0) is 15.7. The maximum atomic E-state index is 9.03. The Bertz CT molecular complexity index is 447. The largest absolute Gasteiger partial charge is 0.396 e. The summed E-state index contributed by atoms with van der Waals surface area (Å²) in [6.45, 7) is 11.5. The molecular formula is C15H30IN5O. The number of guanidine groups is 1. The van der Waals surface area contributed by atoms with Crippen molar-refractivity contribution in [3.63, 3.8) is 0 Å². The number of nitrogens with one attached hydrogen (secondary N) is 2. The summed E-state index contributed by atoms with van der Waals surface area (Å²) in [6.07, 6.45) is 0.988. The standard InChI is InChI=1S/C15H29N5O.HI/c1-5-16-15(18-10-12(2)11-21)17-7-6-8-20-14(4)9-13(3)19-20;/h9,12,21H,5-8,10-11H2,1-4H3,(H2,16,17,18);1H. The zero-order valence-corrected chi connectivity index (χ0v) is 16.4. The SMILES string of the molecule is CCNC(=NCC(C)CO)NCCCn1nc(C)cc1C.I. The van der Waals surface area contributed by atoms with Crippen molar-refractivity contribution in [2.75, 3.05) is 26.2 Å². The number of halogens is 1. The Kier molecular flexibility index (Phi) is 11.3. The Labute approximate surface area is 150 Å². The molecule has 0 bridgehead atoms. The second kappa shape index (κ2) is 11.7. The van der Waals surface area contributed by atoms with E-state index in [0.29, 0.717) is 6.54 Å². The van der Waals surface area contributed by atoms with E-state index in [1.165, 1.54) is 5.69 Å². The van der Waals surface area contributed by atoms with Gasteiger partial charge in [-0.15, -0.1) is 24.0 Å². The van der Waals surface area contributed by atoms with Gasteiger partial charge < -0.3 is 15.7 Å². The Balaban J connectivity index is 0.00000441. The minimum Gasteiger partial charge on any atom is -0.396 e. The van der Waals surface area contributed by atoms with Gasteiger partial charge >= 0.3 is 0 Å². The predicted octanol–water partition coefficient (Wildman–Crippen LogP) is 1.69. The third-order valence-corrected chi connectivity index (χ3v) is 3.16. The van der Waals surface area contributed by atoms with Gasteiger partial charge in [-0.25, -0.2) is 0 Å². The molecule has 1 aromatic heterocycles. The van der Waals surface area contributed by atoms with Crippen molar-refractivity contribution < 1.29 is 5.11 Å². The Morgan fingerprint density at radius 2 is 2.14 bits per heavy atom. The van der Waals surface area contributed by atoms with Gasteiger partial charge in [-0.1, -0.05) is 6.92 Å². The number of aryl methyl sites for hydroxylation is 3. The summed E-state index contributed by atoms with van der Waals surface area (Å²) in [4.78, 5) is 4.46. The lowest BCUT2D eigenvalue weighted by molar-refractivity contribution is 0.241. The monoisotopic (exact) mass is 423 g/mol. The Hall–Kier alpha value is -0.830. The number of hydrogen-bond donors (Lipinski definition) is 3. The first-order chi connectivity index (χ1) is 10.1. The second-order valence-corrected chi connectivity index (χ2v) is 5.44. The van der Waals surface area contributed by atoms with Crippen molar-refractivity contribution in [1.29, 1.82) is 0 Å². The molecule has 0 saturated heterocycles. The molecule has 0 fully saturated rings. The zero-order valence-electron chi connectivity index (χ0n) is 14.1. The van der Waals surface area contributed by atoms with Gasteiger partial charge in [-0.3, -0.25) is 9.67 Å². The van der Waals surface area contributed by atoms with Crippen molar-refractivity contribution in [3.05, 3.63) is 17.5 Å². The molecule has 0 aliphatic heterocycles. The quantitative estimate of drug-likeness (QED) is 0.258. The highest BCUT2D eigenvalue weighted by molar-refractivity contribution is 14.0. The number of aliphatic imine (C=N–C) groups is 1. The molecule has 7 heteroatoms. The highest BCUT2D eigenvalue weighted by Gasteiger charge is 2.02. The van der Waals surface area contributed by atoms with Crippen molar-refractivity contribution in [1.82, 2.24) is 20.4 Å². The average Bonchev–Trinajstić information content (AvgIpc) is 2.78. The summed E-state index contributed by atoms with van der Waals surface area (Å²) < 4.78 is 2.04. The van der Waals surface area contributed by atoms with Gasteiger partial charge in [0.1, 0.15) is 0 Å². The molecule has 22 heavy (non-hydrogen) atoms. The van der Waals surface area contributed by atoms with E-state index >= 15 is 0 Å². The summed E-state index contributed by atoms with van der Waals surface area (Å²) in [7, 11) is 0. The molecule has 1 unspecified atom stereocenters. The number of aromatic nitrogens is 2. The van der Waals surface area contributed by atoms with Crippen LogP contribution in [0.15, 0.2) is 11.1 Å². The van der Waals surface area contributed by atoms with Crippen LogP contribution in [-0.2, 0) is 6.54 Å². The lowest BCUT2D eigenvalue weighted by Crippen LogP contribution is -2.38. The van der Waals surface area contributed by atoms with Gasteiger partial charge in [0, 0.05) is 38.5 Å². The van der Waals surface area contributed by atoms with E-state index in [1.54, 1.807) is 0 Å². The van der Waals surface area contributed by atoms with Crippen molar-refractivity contribution in [2.45, 2.75) is 40.7 Å². The van der Waals surface area contributed by atoms with Gasteiger partial charge in [0.05, 0.1) is 5.69 Å². The van der Waals surface area contributed by atoms with Crippen molar-refractivity contribution in [3.8, 4) is 0 Å². The first-order valence-electron chi connectivity index (χ1n) is 7.70. The Morgan fingerprint density at radius 3 is 2.68 bits per heavy atom. The smallest absolute Gasteiger partial charge is 0.191 e.